The molecule has 4 nitrogen and oxygen atoms in total. The van der Waals surface area contributed by atoms with Crippen LogP contribution >= 0.6 is 11.8 Å². The Bertz CT molecular complexity index is 558. The molecule has 1 saturated heterocycles. The van der Waals surface area contributed by atoms with E-state index in [0.29, 0.717) is 12.1 Å². The topological polar surface area (TPSA) is 42.7 Å². The third kappa shape index (κ3) is 2.62. The first kappa shape index (κ1) is 12.9. The molecule has 2 aromatic rings. The number of fused-ring (bicyclic) bond motifs is 1. The van der Waals surface area contributed by atoms with Crippen molar-refractivity contribution < 1.29 is 0 Å². The Morgan fingerprint density at radius 2 is 2.42 bits per heavy atom. The van der Waals surface area contributed by atoms with E-state index >= 15 is 0 Å². The van der Waals surface area contributed by atoms with Crippen molar-refractivity contribution in [2.45, 2.75) is 32.4 Å². The lowest BCUT2D eigenvalue weighted by atomic mass is 10.2. The van der Waals surface area contributed by atoms with Gasteiger partial charge in [-0.15, -0.1) is 0 Å². The first-order valence-electron chi connectivity index (χ1n) is 6.87. The maximum Gasteiger partial charge on any atom is 0.111 e. The number of nitrogens with zero attached hydrogens (tertiary/aromatic N) is 3. The molecule has 1 aliphatic rings. The minimum absolute atomic E-state index is 0.429. The Balaban J connectivity index is 1.95. The zero-order valence-electron chi connectivity index (χ0n) is 11.5. The van der Waals surface area contributed by atoms with E-state index in [9.17, 15) is 0 Å². The summed E-state index contributed by atoms with van der Waals surface area (Å²) in [6.07, 6.45) is 4.71. The normalized spacial score (nSPS) is 20.3. The van der Waals surface area contributed by atoms with Crippen molar-refractivity contribution in [3.8, 4) is 0 Å². The molecule has 5 heteroatoms. The van der Waals surface area contributed by atoms with Crippen molar-refractivity contribution >= 4 is 22.8 Å². The van der Waals surface area contributed by atoms with E-state index in [-0.39, 0.29) is 0 Å². The third-order valence-corrected chi connectivity index (χ3v) is 4.64. The van der Waals surface area contributed by atoms with E-state index in [4.69, 9.17) is 4.98 Å². The average molecular weight is 276 g/mol. The summed E-state index contributed by atoms with van der Waals surface area (Å²) in [5, 5.41) is 3.59. The van der Waals surface area contributed by atoms with E-state index < -0.39 is 0 Å². The summed E-state index contributed by atoms with van der Waals surface area (Å²) in [6.45, 7) is 5.54. The van der Waals surface area contributed by atoms with Crippen LogP contribution in [0.1, 0.15) is 25.7 Å². The van der Waals surface area contributed by atoms with Crippen LogP contribution in [0.5, 0.6) is 0 Å². The van der Waals surface area contributed by atoms with Gasteiger partial charge in [0.05, 0.1) is 11.7 Å². The maximum absolute atomic E-state index is 4.78. The van der Waals surface area contributed by atoms with Gasteiger partial charge in [-0.3, -0.25) is 4.98 Å². The molecule has 102 valence electrons. The first-order valence-corrected chi connectivity index (χ1v) is 8.03. The van der Waals surface area contributed by atoms with E-state index in [2.05, 4.69) is 34.8 Å². The van der Waals surface area contributed by atoms with Crippen LogP contribution in [0.3, 0.4) is 0 Å². The largest absolute Gasteiger partial charge is 0.325 e. The fraction of sp³-hybridized carbons (Fsp3) is 0.571. The lowest BCUT2D eigenvalue weighted by Gasteiger charge is -2.23. The Labute approximate surface area is 118 Å². The Morgan fingerprint density at radius 3 is 3.16 bits per heavy atom. The standard InChI is InChI=1S/C14H20N4S/c1-10(2)18-13-3-4-15-8-12(13)17-14(18)7-11-9-19-6-5-16-11/h3-4,8,10-11,16H,5-7,9H2,1-2H3. The zero-order valence-corrected chi connectivity index (χ0v) is 12.3. The monoisotopic (exact) mass is 276 g/mol. The lowest BCUT2D eigenvalue weighted by Crippen LogP contribution is -2.39. The van der Waals surface area contributed by atoms with Gasteiger partial charge in [0.25, 0.3) is 0 Å². The molecule has 3 heterocycles. The number of pyridine rings is 1. The van der Waals surface area contributed by atoms with Gasteiger partial charge in [-0.1, -0.05) is 0 Å². The number of hydrogen-bond acceptors (Lipinski definition) is 4. The number of hydrogen-bond donors (Lipinski definition) is 1. The summed E-state index contributed by atoms with van der Waals surface area (Å²) in [4.78, 5) is 8.96. The minimum atomic E-state index is 0.429. The Kier molecular flexibility index (Phi) is 3.75. The molecule has 0 aliphatic carbocycles. The van der Waals surface area contributed by atoms with Crippen LogP contribution in [-0.2, 0) is 6.42 Å². The molecular weight excluding hydrogens is 256 g/mol. The molecule has 3 rings (SSSR count). The second-order valence-electron chi connectivity index (χ2n) is 5.29. The van der Waals surface area contributed by atoms with Crippen molar-refractivity contribution in [2.75, 3.05) is 18.1 Å². The van der Waals surface area contributed by atoms with Gasteiger partial charge in [0.1, 0.15) is 11.3 Å². The van der Waals surface area contributed by atoms with Crippen molar-refractivity contribution in [3.05, 3.63) is 24.3 Å². The molecular formula is C14H20N4S. The molecule has 2 aromatic heterocycles. The summed E-state index contributed by atoms with van der Waals surface area (Å²) in [5.41, 5.74) is 2.21. The van der Waals surface area contributed by atoms with Crippen LogP contribution in [-0.4, -0.2) is 38.6 Å². The lowest BCUT2D eigenvalue weighted by molar-refractivity contribution is 0.514. The molecule has 1 aliphatic heterocycles. The van der Waals surface area contributed by atoms with Gasteiger partial charge in [0.15, 0.2) is 0 Å². The van der Waals surface area contributed by atoms with Crippen molar-refractivity contribution in [2.24, 2.45) is 0 Å². The first-order chi connectivity index (χ1) is 9.25. The SMILES string of the molecule is CC(C)n1c(CC2CSCCN2)nc2cnccc21. The second-order valence-corrected chi connectivity index (χ2v) is 6.44. The summed E-state index contributed by atoms with van der Waals surface area (Å²) in [7, 11) is 0. The minimum Gasteiger partial charge on any atom is -0.325 e. The van der Waals surface area contributed by atoms with Gasteiger partial charge < -0.3 is 9.88 Å². The smallest absolute Gasteiger partial charge is 0.111 e. The van der Waals surface area contributed by atoms with Crippen molar-refractivity contribution in [1.82, 2.24) is 19.9 Å². The Hall–Kier alpha value is -1.07. The molecule has 0 aromatic carbocycles. The van der Waals surface area contributed by atoms with Crippen LogP contribution in [0, 0.1) is 0 Å². The number of thioether (sulfide) groups is 1. The maximum atomic E-state index is 4.78. The van der Waals surface area contributed by atoms with Crippen LogP contribution in [0.4, 0.5) is 0 Å². The van der Waals surface area contributed by atoms with Crippen molar-refractivity contribution in [1.29, 1.82) is 0 Å². The van der Waals surface area contributed by atoms with E-state index in [0.717, 1.165) is 18.5 Å². The Morgan fingerprint density at radius 1 is 1.53 bits per heavy atom. The number of aromatic nitrogens is 3. The van der Waals surface area contributed by atoms with E-state index in [1.807, 2.05) is 24.2 Å². The summed E-state index contributed by atoms with van der Waals surface area (Å²) >= 11 is 2.03. The highest BCUT2D eigenvalue weighted by atomic mass is 32.2. The predicted molar refractivity (Wildman–Crippen MR) is 80.7 cm³/mol. The highest BCUT2D eigenvalue weighted by molar-refractivity contribution is 7.99. The average Bonchev–Trinajstić information content (AvgIpc) is 2.77. The van der Waals surface area contributed by atoms with Gasteiger partial charge in [0.2, 0.25) is 0 Å². The molecule has 0 spiro atoms. The molecule has 0 bridgehead atoms. The zero-order chi connectivity index (χ0) is 13.2. The third-order valence-electron chi connectivity index (χ3n) is 3.51. The van der Waals surface area contributed by atoms with E-state index in [1.54, 1.807) is 0 Å². The molecule has 1 atom stereocenters. The number of rotatable bonds is 3. The molecule has 1 fully saturated rings. The number of nitrogens with one attached hydrogen (secondary N) is 1. The molecule has 0 amide bonds. The van der Waals surface area contributed by atoms with E-state index in [1.165, 1.54) is 22.8 Å². The van der Waals surface area contributed by atoms with Crippen LogP contribution in [0.25, 0.3) is 11.0 Å². The predicted octanol–water partition coefficient (Wildman–Crippen LogP) is 2.26. The second kappa shape index (κ2) is 5.51. The highest BCUT2D eigenvalue weighted by Crippen LogP contribution is 2.22. The molecule has 1 unspecified atom stereocenters. The summed E-state index contributed by atoms with van der Waals surface area (Å²) in [6, 6.07) is 3.04. The summed E-state index contributed by atoms with van der Waals surface area (Å²) in [5.74, 6) is 3.58. The number of imidazole rings is 1. The highest BCUT2D eigenvalue weighted by Gasteiger charge is 2.19. The van der Waals surface area contributed by atoms with Gasteiger partial charge in [-0.05, 0) is 19.9 Å². The summed E-state index contributed by atoms with van der Waals surface area (Å²) < 4.78 is 2.35. The molecule has 19 heavy (non-hydrogen) atoms. The quantitative estimate of drug-likeness (QED) is 0.934. The van der Waals surface area contributed by atoms with Gasteiger partial charge >= 0.3 is 0 Å². The van der Waals surface area contributed by atoms with Gasteiger partial charge in [-0.25, -0.2) is 4.98 Å². The van der Waals surface area contributed by atoms with Crippen LogP contribution in [0.15, 0.2) is 18.5 Å². The van der Waals surface area contributed by atoms with Gasteiger partial charge in [-0.2, -0.15) is 11.8 Å². The van der Waals surface area contributed by atoms with Crippen molar-refractivity contribution in [3.63, 3.8) is 0 Å². The van der Waals surface area contributed by atoms with Gasteiger partial charge in [0, 0.05) is 42.8 Å². The molecule has 0 saturated carbocycles. The molecule has 0 radical (unpaired) electrons. The molecule has 1 N–H and O–H groups in total. The van der Waals surface area contributed by atoms with Crippen LogP contribution in [0.2, 0.25) is 0 Å². The fourth-order valence-electron chi connectivity index (χ4n) is 2.69. The van der Waals surface area contributed by atoms with Crippen LogP contribution < -0.4 is 5.32 Å². The fourth-order valence-corrected chi connectivity index (χ4v) is 3.64.